The summed E-state index contributed by atoms with van der Waals surface area (Å²) in [4.78, 5) is 20.1. The number of benzene rings is 3. The van der Waals surface area contributed by atoms with E-state index in [4.69, 9.17) is 30.2 Å². The van der Waals surface area contributed by atoms with Crippen LogP contribution in [0.3, 0.4) is 0 Å². The molecule has 2 heterocycles. The van der Waals surface area contributed by atoms with Crippen LogP contribution in [0.15, 0.2) is 59.0 Å². The number of carbonyl (C=O) groups excluding carboxylic acids is 1. The second-order valence-corrected chi connectivity index (χ2v) is 9.62. The van der Waals surface area contributed by atoms with E-state index in [-0.39, 0.29) is 22.9 Å². The lowest BCUT2D eigenvalue weighted by Crippen LogP contribution is -2.42. The molecule has 9 heteroatoms. The van der Waals surface area contributed by atoms with Gasteiger partial charge in [0.15, 0.2) is 11.5 Å². The summed E-state index contributed by atoms with van der Waals surface area (Å²) in [6, 6.07) is 14.8. The fourth-order valence-corrected chi connectivity index (χ4v) is 5.28. The maximum atomic E-state index is 15.3. The van der Waals surface area contributed by atoms with Crippen molar-refractivity contribution in [3.63, 3.8) is 0 Å². The van der Waals surface area contributed by atoms with Crippen LogP contribution < -0.4 is 14.2 Å². The molecule has 7 nitrogen and oxygen atoms in total. The molecule has 0 spiro atoms. The number of halogens is 2. The Kier molecular flexibility index (Phi) is 7.48. The molecule has 0 radical (unpaired) electrons. The monoisotopic (exact) mass is 550 g/mol. The van der Waals surface area contributed by atoms with Gasteiger partial charge in [-0.3, -0.25) is 4.79 Å². The predicted molar refractivity (Wildman–Crippen MR) is 145 cm³/mol. The topological polar surface area (TPSA) is 74.0 Å². The van der Waals surface area contributed by atoms with Gasteiger partial charge in [-0.05, 0) is 66.9 Å². The number of aryl methyl sites for hydroxylation is 1. The molecular weight excluding hydrogens is 523 g/mol. The van der Waals surface area contributed by atoms with Crippen molar-refractivity contribution in [2.45, 2.75) is 25.8 Å². The Labute approximate surface area is 231 Å². The number of rotatable bonds is 7. The Morgan fingerprint density at radius 2 is 1.82 bits per heavy atom. The summed E-state index contributed by atoms with van der Waals surface area (Å²) in [6.45, 7) is 2.13. The third-order valence-electron chi connectivity index (χ3n) is 7.00. The number of amides is 1. The van der Waals surface area contributed by atoms with Gasteiger partial charge in [-0.1, -0.05) is 23.7 Å². The van der Waals surface area contributed by atoms with E-state index in [1.165, 1.54) is 13.2 Å². The minimum absolute atomic E-state index is 0.0233. The Balaban J connectivity index is 1.53. The van der Waals surface area contributed by atoms with Gasteiger partial charge in [-0.25, -0.2) is 9.37 Å². The Hall–Kier alpha value is -4.04. The first-order valence-corrected chi connectivity index (χ1v) is 12.8. The van der Waals surface area contributed by atoms with Crippen molar-refractivity contribution in [2.75, 3.05) is 27.9 Å². The lowest BCUT2D eigenvalue weighted by atomic mass is 9.87. The Bertz CT molecular complexity index is 1520. The Morgan fingerprint density at radius 1 is 1.08 bits per heavy atom. The number of aromatic nitrogens is 1. The van der Waals surface area contributed by atoms with Gasteiger partial charge < -0.3 is 23.5 Å². The van der Waals surface area contributed by atoms with Gasteiger partial charge in [0.25, 0.3) is 0 Å². The van der Waals surface area contributed by atoms with E-state index in [0.29, 0.717) is 47.6 Å². The van der Waals surface area contributed by atoms with Crippen LogP contribution in [-0.2, 0) is 17.6 Å². The highest BCUT2D eigenvalue weighted by Gasteiger charge is 2.36. The zero-order valence-electron chi connectivity index (χ0n) is 22.1. The number of methoxy groups -OCH3 is 3. The molecular formula is C30H28ClFN2O5. The van der Waals surface area contributed by atoms with Gasteiger partial charge in [-0.2, -0.15) is 0 Å². The summed E-state index contributed by atoms with van der Waals surface area (Å²) in [5, 5.41) is 0.235. The molecule has 1 atom stereocenters. The minimum atomic E-state index is -0.764. The number of fused-ring (bicyclic) bond motifs is 1. The van der Waals surface area contributed by atoms with Crippen LogP contribution in [0.25, 0.3) is 11.5 Å². The summed E-state index contributed by atoms with van der Waals surface area (Å²) >= 11 is 6.54. The first-order valence-electron chi connectivity index (χ1n) is 12.4. The SMILES string of the molecule is COc1cccc(-c2nc(CC(=O)N3CCc4cc(OC)c(OC)cc4[C@@H]3c3c(F)cccc3Cl)c(C)o2)c1. The highest BCUT2D eigenvalue weighted by molar-refractivity contribution is 6.31. The zero-order valence-corrected chi connectivity index (χ0v) is 22.8. The zero-order chi connectivity index (χ0) is 27.7. The van der Waals surface area contributed by atoms with Crippen LogP contribution >= 0.6 is 11.6 Å². The van der Waals surface area contributed by atoms with E-state index in [9.17, 15) is 4.79 Å². The predicted octanol–water partition coefficient (Wildman–Crippen LogP) is 6.19. The molecule has 4 aromatic rings. The van der Waals surface area contributed by atoms with Gasteiger partial charge in [0.2, 0.25) is 11.8 Å². The molecule has 0 bridgehead atoms. The molecule has 3 aromatic carbocycles. The van der Waals surface area contributed by atoms with E-state index >= 15 is 4.39 Å². The molecule has 1 aliphatic heterocycles. The number of nitrogens with zero attached hydrogens (tertiary/aromatic N) is 2. The molecule has 0 unspecified atom stereocenters. The van der Waals surface area contributed by atoms with Crippen molar-refractivity contribution >= 4 is 17.5 Å². The standard InChI is InChI=1S/C30H28ClFN2O5/c1-17-24(33-30(39-17)19-7-5-8-20(13-19)36-2)16-27(35)34-12-11-18-14-25(37-3)26(38-4)15-21(18)29(34)28-22(31)9-6-10-23(28)32/h5-10,13-15,29H,11-12,16H2,1-4H3/t29-/m1/s1. The van der Waals surface area contributed by atoms with Gasteiger partial charge in [0.1, 0.15) is 17.3 Å². The summed E-state index contributed by atoms with van der Waals surface area (Å²) in [5.41, 5.74) is 3.14. The summed E-state index contributed by atoms with van der Waals surface area (Å²) in [5.74, 6) is 1.93. The molecule has 0 saturated carbocycles. The summed E-state index contributed by atoms with van der Waals surface area (Å²) in [7, 11) is 4.69. The molecule has 39 heavy (non-hydrogen) atoms. The average molecular weight is 551 g/mol. The molecule has 1 aromatic heterocycles. The number of hydrogen-bond donors (Lipinski definition) is 0. The second kappa shape index (κ2) is 11.0. The van der Waals surface area contributed by atoms with Crippen LogP contribution in [0.2, 0.25) is 5.02 Å². The second-order valence-electron chi connectivity index (χ2n) is 9.21. The van der Waals surface area contributed by atoms with Crippen LogP contribution in [0, 0.1) is 12.7 Å². The third kappa shape index (κ3) is 5.04. The maximum absolute atomic E-state index is 15.3. The largest absolute Gasteiger partial charge is 0.497 e. The highest BCUT2D eigenvalue weighted by atomic mass is 35.5. The van der Waals surface area contributed by atoms with Crippen molar-refractivity contribution in [1.29, 1.82) is 0 Å². The fraction of sp³-hybridized carbons (Fsp3) is 0.267. The van der Waals surface area contributed by atoms with Crippen molar-refractivity contribution in [2.24, 2.45) is 0 Å². The maximum Gasteiger partial charge on any atom is 0.229 e. The summed E-state index contributed by atoms with van der Waals surface area (Å²) < 4.78 is 37.5. The highest BCUT2D eigenvalue weighted by Crippen LogP contribution is 2.44. The first kappa shape index (κ1) is 26.6. The van der Waals surface area contributed by atoms with E-state index in [0.717, 1.165) is 16.7 Å². The van der Waals surface area contributed by atoms with Gasteiger partial charge in [0.05, 0.1) is 39.5 Å². The van der Waals surface area contributed by atoms with Crippen molar-refractivity contribution in [1.82, 2.24) is 9.88 Å². The van der Waals surface area contributed by atoms with Crippen molar-refractivity contribution in [3.05, 3.63) is 93.6 Å². The third-order valence-corrected chi connectivity index (χ3v) is 7.32. The minimum Gasteiger partial charge on any atom is -0.497 e. The van der Waals surface area contributed by atoms with Gasteiger partial charge in [0, 0.05) is 22.7 Å². The number of hydrogen-bond acceptors (Lipinski definition) is 6. The van der Waals surface area contributed by atoms with Gasteiger partial charge in [-0.15, -0.1) is 0 Å². The molecule has 0 fully saturated rings. The number of carbonyl (C=O) groups is 1. The lowest BCUT2D eigenvalue weighted by molar-refractivity contribution is -0.132. The van der Waals surface area contributed by atoms with Crippen LogP contribution in [-0.4, -0.2) is 43.7 Å². The Morgan fingerprint density at radius 3 is 2.54 bits per heavy atom. The van der Waals surface area contributed by atoms with E-state index < -0.39 is 11.9 Å². The van der Waals surface area contributed by atoms with E-state index in [2.05, 4.69) is 4.98 Å². The van der Waals surface area contributed by atoms with Crippen LogP contribution in [0.4, 0.5) is 4.39 Å². The van der Waals surface area contributed by atoms with E-state index in [1.54, 1.807) is 44.2 Å². The molecule has 5 rings (SSSR count). The first-order chi connectivity index (χ1) is 18.8. The number of ether oxygens (including phenoxy) is 3. The van der Waals surface area contributed by atoms with E-state index in [1.807, 2.05) is 30.3 Å². The van der Waals surface area contributed by atoms with Crippen LogP contribution in [0.5, 0.6) is 17.2 Å². The molecule has 202 valence electrons. The summed E-state index contributed by atoms with van der Waals surface area (Å²) in [6.07, 6.45) is 0.529. The molecule has 0 saturated heterocycles. The quantitative estimate of drug-likeness (QED) is 0.273. The molecule has 1 aliphatic rings. The number of oxazole rings is 1. The van der Waals surface area contributed by atoms with Crippen molar-refractivity contribution < 1.29 is 27.8 Å². The van der Waals surface area contributed by atoms with Crippen LogP contribution in [0.1, 0.15) is 34.2 Å². The normalized spacial score (nSPS) is 14.6. The average Bonchev–Trinajstić information content (AvgIpc) is 3.31. The van der Waals surface area contributed by atoms with Crippen molar-refractivity contribution in [3.8, 4) is 28.7 Å². The van der Waals surface area contributed by atoms with Gasteiger partial charge >= 0.3 is 0 Å². The smallest absolute Gasteiger partial charge is 0.229 e. The molecule has 0 aliphatic carbocycles. The molecule has 0 N–H and O–H groups in total. The molecule has 1 amide bonds. The fourth-order valence-electron chi connectivity index (χ4n) is 5.01. The lowest BCUT2D eigenvalue weighted by Gasteiger charge is -2.38.